The zero-order valence-electron chi connectivity index (χ0n) is 10.7. The average Bonchev–Trinajstić information content (AvgIpc) is 2.24. The first-order chi connectivity index (χ1) is 7.04. The molecule has 0 heterocycles. The van der Waals surface area contributed by atoms with E-state index in [4.69, 9.17) is 4.74 Å². The Morgan fingerprint density at radius 3 is 2.27 bits per heavy atom. The second-order valence-corrected chi connectivity index (χ2v) is 5.06. The number of rotatable bonds is 2. The first kappa shape index (κ1) is 12.5. The monoisotopic (exact) mass is 212 g/mol. The molecule has 0 amide bonds. The first-order valence-electron chi connectivity index (χ1n) is 6.24. The van der Waals surface area contributed by atoms with E-state index in [9.17, 15) is 4.79 Å². The zero-order chi connectivity index (χ0) is 11.6. The molecule has 0 bridgehead atoms. The van der Waals surface area contributed by atoms with Crippen LogP contribution in [-0.2, 0) is 9.53 Å². The van der Waals surface area contributed by atoms with E-state index in [0.717, 1.165) is 12.3 Å². The van der Waals surface area contributed by atoms with Crippen LogP contribution in [-0.4, -0.2) is 12.1 Å². The second-order valence-electron chi connectivity index (χ2n) is 5.06. The summed E-state index contributed by atoms with van der Waals surface area (Å²) < 4.78 is 5.45. The smallest absolute Gasteiger partial charge is 0.308 e. The lowest BCUT2D eigenvalue weighted by Crippen LogP contribution is -2.59. The van der Waals surface area contributed by atoms with Crippen molar-refractivity contribution in [1.29, 1.82) is 0 Å². The van der Waals surface area contributed by atoms with Crippen molar-refractivity contribution in [3.05, 3.63) is 0 Å². The van der Waals surface area contributed by atoms with Crippen molar-refractivity contribution in [2.24, 2.45) is 17.3 Å². The highest BCUT2D eigenvalue weighted by Gasteiger charge is 2.59. The molecule has 0 saturated heterocycles. The van der Waals surface area contributed by atoms with Crippen LogP contribution in [0.3, 0.4) is 0 Å². The van der Waals surface area contributed by atoms with Crippen molar-refractivity contribution < 1.29 is 9.53 Å². The molecule has 2 saturated carbocycles. The van der Waals surface area contributed by atoms with Gasteiger partial charge in [-0.15, -0.1) is 0 Å². The number of ether oxygens (including phenoxy) is 1. The predicted octanol–water partition coefficient (Wildman–Crippen LogP) is 3.40. The van der Waals surface area contributed by atoms with Crippen LogP contribution in [0.15, 0.2) is 0 Å². The molecule has 2 rings (SSSR count). The van der Waals surface area contributed by atoms with Gasteiger partial charge in [-0.25, -0.2) is 0 Å². The quantitative estimate of drug-likeness (QED) is 0.656. The predicted molar refractivity (Wildman–Crippen MR) is 61.5 cm³/mol. The number of hydrogen-bond donors (Lipinski definition) is 0. The maximum atomic E-state index is 11.3. The van der Waals surface area contributed by atoms with E-state index in [2.05, 4.69) is 6.92 Å². The zero-order valence-corrected chi connectivity index (χ0v) is 10.7. The Morgan fingerprint density at radius 1 is 1.40 bits per heavy atom. The van der Waals surface area contributed by atoms with Crippen LogP contribution in [0.5, 0.6) is 0 Å². The molecule has 2 fully saturated rings. The Morgan fingerprint density at radius 2 is 2.00 bits per heavy atom. The molecule has 0 N–H and O–H groups in total. The topological polar surface area (TPSA) is 26.3 Å². The minimum Gasteiger partial charge on any atom is -0.462 e. The summed E-state index contributed by atoms with van der Waals surface area (Å²) in [6.07, 6.45) is 3.91. The largest absolute Gasteiger partial charge is 0.462 e. The Kier molecular flexibility index (Phi) is 3.80. The molecule has 0 spiro atoms. The molecule has 3 atom stereocenters. The van der Waals surface area contributed by atoms with Crippen LogP contribution in [0.25, 0.3) is 0 Å². The van der Waals surface area contributed by atoms with Gasteiger partial charge >= 0.3 is 5.97 Å². The first-order valence-corrected chi connectivity index (χ1v) is 6.24. The highest BCUT2D eigenvalue weighted by atomic mass is 16.5. The normalized spacial score (nSPS) is 36.7. The lowest BCUT2D eigenvalue weighted by molar-refractivity contribution is -0.210. The van der Waals surface area contributed by atoms with Gasteiger partial charge in [-0.1, -0.05) is 34.6 Å². The molecule has 0 aromatic heterocycles. The summed E-state index contributed by atoms with van der Waals surface area (Å²) in [5.41, 5.74) is 0.352. The summed E-state index contributed by atoms with van der Waals surface area (Å²) in [6.45, 7) is 10.0. The fraction of sp³-hybridized carbons (Fsp3) is 0.923. The Labute approximate surface area is 93.4 Å². The van der Waals surface area contributed by atoms with E-state index in [0.29, 0.717) is 5.41 Å². The molecule has 0 radical (unpaired) electrons. The average molecular weight is 212 g/mol. The highest BCUT2D eigenvalue weighted by molar-refractivity contribution is 5.71. The van der Waals surface area contributed by atoms with Gasteiger partial charge in [0.15, 0.2) is 0 Å². The van der Waals surface area contributed by atoms with Gasteiger partial charge in [0.05, 0.1) is 5.92 Å². The fourth-order valence-corrected chi connectivity index (χ4v) is 2.44. The number of esters is 1. The molecular formula is C13H24O2. The van der Waals surface area contributed by atoms with Gasteiger partial charge in [0.2, 0.25) is 0 Å². The van der Waals surface area contributed by atoms with E-state index in [1.165, 1.54) is 12.8 Å². The summed E-state index contributed by atoms with van der Waals surface area (Å²) in [5, 5.41) is 0. The van der Waals surface area contributed by atoms with Gasteiger partial charge in [0, 0.05) is 5.41 Å². The van der Waals surface area contributed by atoms with Crippen molar-refractivity contribution in [2.45, 2.75) is 60.0 Å². The van der Waals surface area contributed by atoms with Gasteiger partial charge in [-0.05, 0) is 25.2 Å². The Balaban J connectivity index is 0.000000531. The van der Waals surface area contributed by atoms with E-state index in [1.807, 2.05) is 27.7 Å². The van der Waals surface area contributed by atoms with Crippen LogP contribution < -0.4 is 0 Å². The number of hydrogen-bond acceptors (Lipinski definition) is 2. The minimum atomic E-state index is -0.0309. The third-order valence-electron chi connectivity index (χ3n) is 3.93. The van der Waals surface area contributed by atoms with Gasteiger partial charge < -0.3 is 4.74 Å². The van der Waals surface area contributed by atoms with E-state index < -0.39 is 0 Å². The van der Waals surface area contributed by atoms with E-state index in [1.54, 1.807) is 0 Å². The van der Waals surface area contributed by atoms with Gasteiger partial charge in [-0.3, -0.25) is 4.79 Å². The maximum absolute atomic E-state index is 11.3. The lowest BCUT2D eigenvalue weighted by atomic mass is 9.47. The number of carbonyl (C=O) groups is 1. The van der Waals surface area contributed by atoms with Crippen molar-refractivity contribution in [3.8, 4) is 0 Å². The molecule has 2 aliphatic rings. The van der Waals surface area contributed by atoms with Crippen LogP contribution >= 0.6 is 0 Å². The van der Waals surface area contributed by atoms with Crippen molar-refractivity contribution in [1.82, 2.24) is 0 Å². The summed E-state index contributed by atoms with van der Waals surface area (Å²) in [6, 6.07) is 0. The fourth-order valence-electron chi connectivity index (χ4n) is 2.44. The third kappa shape index (κ3) is 2.04. The number of fused-ring (bicyclic) bond motifs is 1. The second kappa shape index (κ2) is 4.54. The summed E-state index contributed by atoms with van der Waals surface area (Å²) >= 11 is 0. The molecule has 0 aliphatic heterocycles. The highest BCUT2D eigenvalue weighted by Crippen LogP contribution is 2.61. The number of carbonyl (C=O) groups excluding carboxylic acids is 1. The molecule has 0 aromatic carbocycles. The van der Waals surface area contributed by atoms with Crippen molar-refractivity contribution in [3.63, 3.8) is 0 Å². The van der Waals surface area contributed by atoms with Gasteiger partial charge in [0.1, 0.15) is 6.10 Å². The van der Waals surface area contributed by atoms with E-state index >= 15 is 0 Å². The minimum absolute atomic E-state index is 0.0164. The van der Waals surface area contributed by atoms with Crippen molar-refractivity contribution in [2.75, 3.05) is 0 Å². The Hall–Kier alpha value is -0.530. The van der Waals surface area contributed by atoms with Crippen LogP contribution in [0, 0.1) is 17.3 Å². The van der Waals surface area contributed by atoms with E-state index in [-0.39, 0.29) is 18.0 Å². The lowest BCUT2D eigenvalue weighted by Gasteiger charge is -2.61. The maximum Gasteiger partial charge on any atom is 0.308 e. The molecule has 0 aromatic rings. The Bertz CT molecular complexity index is 235. The summed E-state index contributed by atoms with van der Waals surface area (Å²) in [5.74, 6) is 0.830. The third-order valence-corrected chi connectivity index (χ3v) is 3.93. The molecule has 15 heavy (non-hydrogen) atoms. The van der Waals surface area contributed by atoms with Gasteiger partial charge in [0.25, 0.3) is 0 Å². The SMILES string of the molecule is CC.CC(C)C(=O)OC1CC2CCC21C. The molecule has 2 aliphatic carbocycles. The standard InChI is InChI=1S/C11H18O2.C2H6/c1-7(2)10(12)13-9-6-8-4-5-11(8,9)3;1-2/h7-9H,4-6H2,1-3H3;1-2H3. The van der Waals surface area contributed by atoms with Crippen molar-refractivity contribution >= 4 is 5.97 Å². The molecule has 2 nitrogen and oxygen atoms in total. The summed E-state index contributed by atoms with van der Waals surface area (Å²) in [4.78, 5) is 11.3. The van der Waals surface area contributed by atoms with Gasteiger partial charge in [-0.2, -0.15) is 0 Å². The van der Waals surface area contributed by atoms with Crippen LogP contribution in [0.4, 0.5) is 0 Å². The molecule has 88 valence electrons. The van der Waals surface area contributed by atoms with Crippen LogP contribution in [0.2, 0.25) is 0 Å². The molecule has 3 unspecified atom stereocenters. The summed E-state index contributed by atoms with van der Waals surface area (Å²) in [7, 11) is 0. The molecule has 2 heteroatoms. The molecular weight excluding hydrogens is 188 g/mol. The van der Waals surface area contributed by atoms with Crippen LogP contribution in [0.1, 0.15) is 53.9 Å².